The SMILES string of the molecule is COc1ccc(NC(=O)OC[C@H]2C[C@@H]3CCN2C[C@@H]3c2cc(C3CCCC3)nn2C)cc1. The fourth-order valence-corrected chi connectivity index (χ4v) is 5.92. The summed E-state index contributed by atoms with van der Waals surface area (Å²) in [7, 11) is 3.73. The van der Waals surface area contributed by atoms with E-state index in [4.69, 9.17) is 14.6 Å². The van der Waals surface area contributed by atoms with E-state index in [1.165, 1.54) is 43.5 Å². The lowest BCUT2D eigenvalue weighted by molar-refractivity contribution is -0.00222. The topological polar surface area (TPSA) is 68.6 Å². The maximum Gasteiger partial charge on any atom is 0.411 e. The van der Waals surface area contributed by atoms with E-state index in [0.717, 1.165) is 25.3 Å². The molecule has 3 aliphatic heterocycles. The number of nitrogens with zero attached hydrogens (tertiary/aromatic N) is 3. The molecule has 3 saturated heterocycles. The van der Waals surface area contributed by atoms with Crippen LogP contribution in [0.3, 0.4) is 0 Å². The molecule has 4 aliphatic rings. The Morgan fingerprint density at radius 2 is 1.97 bits per heavy atom. The average molecular weight is 439 g/mol. The summed E-state index contributed by atoms with van der Waals surface area (Å²) in [5.41, 5.74) is 3.39. The number of amides is 1. The number of hydrogen-bond donors (Lipinski definition) is 1. The molecule has 4 fully saturated rings. The van der Waals surface area contributed by atoms with Crippen molar-refractivity contribution < 1.29 is 14.3 Å². The van der Waals surface area contributed by atoms with Crippen LogP contribution in [0.1, 0.15) is 61.7 Å². The van der Waals surface area contributed by atoms with Gasteiger partial charge in [0.2, 0.25) is 0 Å². The molecule has 6 rings (SSSR count). The second-order valence-electron chi connectivity index (χ2n) is 9.59. The Balaban J connectivity index is 1.16. The fraction of sp³-hybridized carbons (Fsp3) is 0.600. The van der Waals surface area contributed by atoms with E-state index in [1.807, 2.05) is 24.3 Å². The number of hydrogen-bond acceptors (Lipinski definition) is 5. The van der Waals surface area contributed by atoms with Gasteiger partial charge in [0.05, 0.1) is 12.8 Å². The minimum absolute atomic E-state index is 0.300. The van der Waals surface area contributed by atoms with Gasteiger partial charge in [-0.3, -0.25) is 14.9 Å². The zero-order valence-electron chi connectivity index (χ0n) is 19.1. The molecule has 1 unspecified atom stereocenters. The van der Waals surface area contributed by atoms with E-state index >= 15 is 0 Å². The number of rotatable bonds is 6. The van der Waals surface area contributed by atoms with Gasteiger partial charge in [-0.25, -0.2) is 4.79 Å². The van der Waals surface area contributed by atoms with Crippen molar-refractivity contribution >= 4 is 11.8 Å². The molecule has 2 bridgehead atoms. The lowest BCUT2D eigenvalue weighted by Crippen LogP contribution is -2.54. The molecule has 1 amide bonds. The molecular formula is C25H34N4O3. The Labute approximate surface area is 190 Å². The smallest absolute Gasteiger partial charge is 0.411 e. The normalized spacial score (nSPS) is 27.4. The van der Waals surface area contributed by atoms with Crippen LogP contribution in [0, 0.1) is 5.92 Å². The van der Waals surface area contributed by atoms with E-state index in [-0.39, 0.29) is 0 Å². The zero-order chi connectivity index (χ0) is 22.1. The molecule has 4 heterocycles. The van der Waals surface area contributed by atoms with Crippen LogP contribution in [0.4, 0.5) is 10.5 Å². The number of piperidine rings is 3. The summed E-state index contributed by atoms with van der Waals surface area (Å²) < 4.78 is 12.9. The third-order valence-electron chi connectivity index (χ3n) is 7.71. The van der Waals surface area contributed by atoms with E-state index in [2.05, 4.69) is 28.0 Å². The van der Waals surface area contributed by atoms with Crippen LogP contribution in [0.25, 0.3) is 0 Å². The van der Waals surface area contributed by atoms with Gasteiger partial charge in [0, 0.05) is 42.9 Å². The van der Waals surface area contributed by atoms with Gasteiger partial charge in [-0.2, -0.15) is 5.10 Å². The van der Waals surface area contributed by atoms with Gasteiger partial charge in [0.25, 0.3) is 0 Å². The van der Waals surface area contributed by atoms with Crippen LogP contribution in [-0.2, 0) is 11.8 Å². The lowest BCUT2D eigenvalue weighted by atomic mass is 9.74. The number of carbonyl (C=O) groups excluding carboxylic acids is 1. The number of methoxy groups -OCH3 is 1. The van der Waals surface area contributed by atoms with Crippen molar-refractivity contribution in [3.05, 3.63) is 41.7 Å². The van der Waals surface area contributed by atoms with E-state index in [1.54, 1.807) is 7.11 Å². The summed E-state index contributed by atoms with van der Waals surface area (Å²) in [5.74, 6) is 2.57. The molecule has 4 atom stereocenters. The average Bonchev–Trinajstić information content (AvgIpc) is 3.48. The summed E-state index contributed by atoms with van der Waals surface area (Å²) in [6, 6.07) is 9.94. The molecule has 1 N–H and O–H groups in total. The summed E-state index contributed by atoms with van der Waals surface area (Å²) >= 11 is 0. The van der Waals surface area contributed by atoms with Crippen molar-refractivity contribution in [1.29, 1.82) is 0 Å². The summed E-state index contributed by atoms with van der Waals surface area (Å²) in [6.07, 6.45) is 7.13. The first-order valence-corrected chi connectivity index (χ1v) is 12.0. The van der Waals surface area contributed by atoms with E-state index in [0.29, 0.717) is 36.1 Å². The number of aryl methyl sites for hydroxylation is 1. The quantitative estimate of drug-likeness (QED) is 0.719. The standard InChI is InChI=1S/C25H34N4O3/c1-28-24(14-23(27-28)17-5-3-4-6-17)22-15-29-12-11-18(22)13-20(29)16-32-25(30)26-19-7-9-21(31-2)10-8-19/h7-10,14,17-18,20,22H,3-6,11-13,15-16H2,1-2H3,(H,26,30)/t18-,20+,22-/m0/s1. The van der Waals surface area contributed by atoms with Gasteiger partial charge in [0.1, 0.15) is 12.4 Å². The monoisotopic (exact) mass is 438 g/mol. The van der Waals surface area contributed by atoms with Crippen molar-refractivity contribution in [2.45, 2.75) is 56.4 Å². The molecule has 2 aromatic rings. The minimum Gasteiger partial charge on any atom is -0.497 e. The molecule has 0 spiro atoms. The Hall–Kier alpha value is -2.54. The molecule has 1 aromatic carbocycles. The minimum atomic E-state index is -0.401. The number of fused-ring (bicyclic) bond motifs is 3. The summed E-state index contributed by atoms with van der Waals surface area (Å²) in [4.78, 5) is 14.8. The maximum atomic E-state index is 12.3. The molecule has 1 aliphatic carbocycles. The van der Waals surface area contributed by atoms with Crippen molar-refractivity contribution in [1.82, 2.24) is 14.7 Å². The number of benzene rings is 1. The Morgan fingerprint density at radius 3 is 2.66 bits per heavy atom. The van der Waals surface area contributed by atoms with Crippen molar-refractivity contribution in [2.75, 3.05) is 32.1 Å². The zero-order valence-corrected chi connectivity index (χ0v) is 19.1. The summed E-state index contributed by atoms with van der Waals surface area (Å²) in [5, 5.41) is 7.69. The van der Waals surface area contributed by atoms with Crippen LogP contribution in [0.15, 0.2) is 30.3 Å². The van der Waals surface area contributed by atoms with Crippen LogP contribution in [-0.4, -0.2) is 53.6 Å². The van der Waals surface area contributed by atoms with Crippen LogP contribution >= 0.6 is 0 Å². The van der Waals surface area contributed by atoms with E-state index < -0.39 is 6.09 Å². The lowest BCUT2D eigenvalue weighted by Gasteiger charge is -2.49. The highest BCUT2D eigenvalue weighted by Crippen LogP contribution is 2.43. The third kappa shape index (κ3) is 4.35. The van der Waals surface area contributed by atoms with Gasteiger partial charge in [-0.15, -0.1) is 0 Å². The highest BCUT2D eigenvalue weighted by molar-refractivity contribution is 5.84. The molecule has 7 heteroatoms. The number of carbonyl (C=O) groups is 1. The van der Waals surface area contributed by atoms with Gasteiger partial charge in [-0.05, 0) is 68.5 Å². The molecule has 1 aromatic heterocycles. The molecule has 172 valence electrons. The highest BCUT2D eigenvalue weighted by atomic mass is 16.5. The molecule has 7 nitrogen and oxygen atoms in total. The van der Waals surface area contributed by atoms with Crippen LogP contribution in [0.5, 0.6) is 5.75 Å². The van der Waals surface area contributed by atoms with Gasteiger partial charge >= 0.3 is 6.09 Å². The number of ether oxygens (including phenoxy) is 2. The Bertz CT molecular complexity index is 935. The molecule has 0 radical (unpaired) electrons. The van der Waals surface area contributed by atoms with Crippen LogP contribution < -0.4 is 10.1 Å². The Morgan fingerprint density at radius 1 is 1.19 bits per heavy atom. The first-order chi connectivity index (χ1) is 15.6. The number of aromatic nitrogens is 2. The molecular weight excluding hydrogens is 404 g/mol. The second kappa shape index (κ2) is 9.14. The highest BCUT2D eigenvalue weighted by Gasteiger charge is 2.42. The van der Waals surface area contributed by atoms with Crippen LogP contribution in [0.2, 0.25) is 0 Å². The number of anilines is 1. The maximum absolute atomic E-state index is 12.3. The predicted octanol–water partition coefficient (Wildman–Crippen LogP) is 4.51. The fourth-order valence-electron chi connectivity index (χ4n) is 5.92. The van der Waals surface area contributed by atoms with Crippen molar-refractivity contribution in [2.24, 2.45) is 13.0 Å². The van der Waals surface area contributed by atoms with E-state index in [9.17, 15) is 4.79 Å². The van der Waals surface area contributed by atoms with Crippen molar-refractivity contribution in [3.8, 4) is 5.75 Å². The second-order valence-corrected chi connectivity index (χ2v) is 9.59. The third-order valence-corrected chi connectivity index (χ3v) is 7.71. The summed E-state index contributed by atoms with van der Waals surface area (Å²) in [6.45, 7) is 2.55. The van der Waals surface area contributed by atoms with Gasteiger partial charge in [-0.1, -0.05) is 12.8 Å². The first-order valence-electron chi connectivity index (χ1n) is 12.0. The predicted molar refractivity (Wildman–Crippen MR) is 123 cm³/mol. The molecule has 32 heavy (non-hydrogen) atoms. The largest absolute Gasteiger partial charge is 0.497 e. The Kier molecular flexibility index (Phi) is 6.09. The van der Waals surface area contributed by atoms with Gasteiger partial charge in [0.15, 0.2) is 0 Å². The number of nitrogens with one attached hydrogen (secondary N) is 1. The van der Waals surface area contributed by atoms with Gasteiger partial charge < -0.3 is 9.47 Å². The molecule has 1 saturated carbocycles. The first kappa shape index (κ1) is 21.3. The van der Waals surface area contributed by atoms with Crippen molar-refractivity contribution in [3.63, 3.8) is 0 Å².